The Morgan fingerprint density at radius 3 is 2.93 bits per heavy atom. The molecule has 0 aliphatic carbocycles. The van der Waals surface area contributed by atoms with Crippen LogP contribution in [0.4, 0.5) is 0 Å². The van der Waals surface area contributed by atoms with E-state index in [1.807, 2.05) is 0 Å². The van der Waals surface area contributed by atoms with Crippen molar-refractivity contribution in [2.45, 2.75) is 25.4 Å². The predicted molar refractivity (Wildman–Crippen MR) is 46.4 cm³/mol. The fraction of sp³-hybridized carbons (Fsp3) is 0.625. The number of rotatable bonds is 4. The third-order valence-corrected chi connectivity index (χ3v) is 2.26. The summed E-state index contributed by atoms with van der Waals surface area (Å²) in [6.45, 7) is 1.45. The van der Waals surface area contributed by atoms with Crippen LogP contribution in [0.5, 0.6) is 0 Å². The lowest BCUT2D eigenvalue weighted by Crippen LogP contribution is -2.40. The lowest BCUT2D eigenvalue weighted by atomic mass is 10.2. The van der Waals surface area contributed by atoms with E-state index in [1.165, 1.54) is 4.90 Å². The third kappa shape index (κ3) is 2.01. The molecule has 1 saturated heterocycles. The molecule has 0 bridgehead atoms. The Hall–Kier alpha value is -1.59. The summed E-state index contributed by atoms with van der Waals surface area (Å²) >= 11 is 0. The molecule has 0 saturated carbocycles. The van der Waals surface area contributed by atoms with Gasteiger partial charge in [0.15, 0.2) is 0 Å². The maximum atomic E-state index is 11.5. The first-order valence-corrected chi connectivity index (χ1v) is 4.28. The predicted octanol–water partition coefficient (Wildman–Crippen LogP) is -1.19. The molecular formula is C8H12N2O4. The largest absolute Gasteiger partial charge is 0.480 e. The van der Waals surface area contributed by atoms with Gasteiger partial charge < -0.3 is 15.3 Å². The van der Waals surface area contributed by atoms with Crippen LogP contribution >= 0.6 is 0 Å². The van der Waals surface area contributed by atoms with E-state index in [0.717, 1.165) is 0 Å². The number of hydrogen-bond donors (Lipinski definition) is 2. The molecule has 0 aromatic heterocycles. The van der Waals surface area contributed by atoms with Gasteiger partial charge in [-0.25, -0.2) is 0 Å². The number of aliphatic carboxylic acids is 1. The summed E-state index contributed by atoms with van der Waals surface area (Å²) in [6, 6.07) is -0.710. The summed E-state index contributed by atoms with van der Waals surface area (Å²) in [5.41, 5.74) is 0. The molecule has 2 unspecified atom stereocenters. The van der Waals surface area contributed by atoms with Crippen molar-refractivity contribution in [1.29, 1.82) is 0 Å². The Bertz CT molecular complexity index is 266. The van der Waals surface area contributed by atoms with Crippen molar-refractivity contribution in [3.63, 3.8) is 0 Å². The first kappa shape index (κ1) is 10.5. The third-order valence-electron chi connectivity index (χ3n) is 2.26. The van der Waals surface area contributed by atoms with Crippen LogP contribution in [-0.4, -0.2) is 46.9 Å². The Balaban J connectivity index is 2.64. The van der Waals surface area contributed by atoms with Crippen LogP contribution < -0.4 is 5.32 Å². The molecule has 0 aromatic rings. The minimum atomic E-state index is -1.04. The van der Waals surface area contributed by atoms with Crippen LogP contribution in [0.3, 0.4) is 0 Å². The Kier molecular flexibility index (Phi) is 3.06. The van der Waals surface area contributed by atoms with Gasteiger partial charge >= 0.3 is 5.97 Å². The summed E-state index contributed by atoms with van der Waals surface area (Å²) < 4.78 is 0. The number of carbonyl (C=O) groups is 3. The number of carboxylic acids is 1. The zero-order valence-corrected chi connectivity index (χ0v) is 7.77. The Labute approximate surface area is 80.9 Å². The van der Waals surface area contributed by atoms with E-state index in [9.17, 15) is 14.4 Å². The number of likely N-dealkylation sites (tertiary alicyclic amines) is 1. The van der Waals surface area contributed by atoms with Crippen molar-refractivity contribution in [1.82, 2.24) is 10.2 Å². The second-order valence-electron chi connectivity index (χ2n) is 3.28. The summed E-state index contributed by atoms with van der Waals surface area (Å²) in [5.74, 6) is -1.37. The number of nitrogens with one attached hydrogen (secondary N) is 1. The van der Waals surface area contributed by atoms with Crippen molar-refractivity contribution in [2.75, 3.05) is 6.54 Å². The second-order valence-corrected chi connectivity index (χ2v) is 3.28. The molecular weight excluding hydrogens is 188 g/mol. The minimum Gasteiger partial charge on any atom is -0.480 e. The van der Waals surface area contributed by atoms with Crippen molar-refractivity contribution >= 4 is 18.3 Å². The molecule has 14 heavy (non-hydrogen) atoms. The Morgan fingerprint density at radius 2 is 2.43 bits per heavy atom. The van der Waals surface area contributed by atoms with Gasteiger partial charge in [-0.1, -0.05) is 0 Å². The molecule has 1 rings (SSSR count). The molecule has 6 heteroatoms. The highest BCUT2D eigenvalue weighted by atomic mass is 16.4. The average molecular weight is 200 g/mol. The van der Waals surface area contributed by atoms with Crippen LogP contribution in [0.15, 0.2) is 0 Å². The lowest BCUT2D eigenvalue weighted by molar-refractivity contribution is -0.144. The molecule has 1 heterocycles. The van der Waals surface area contributed by atoms with E-state index in [4.69, 9.17) is 5.11 Å². The molecule has 1 aliphatic heterocycles. The molecule has 0 spiro atoms. The van der Waals surface area contributed by atoms with Gasteiger partial charge in [0.05, 0.1) is 0 Å². The number of carbonyl (C=O) groups excluding carboxylic acids is 2. The van der Waals surface area contributed by atoms with Gasteiger partial charge in [-0.2, -0.15) is 0 Å². The van der Waals surface area contributed by atoms with Gasteiger partial charge in [0, 0.05) is 6.04 Å². The van der Waals surface area contributed by atoms with E-state index < -0.39 is 12.0 Å². The molecule has 2 atom stereocenters. The highest BCUT2D eigenvalue weighted by molar-refractivity contribution is 5.88. The SMILES string of the molecule is CC1CC(NC=O)C(=O)N1CC(=O)O. The van der Waals surface area contributed by atoms with Gasteiger partial charge in [-0.05, 0) is 13.3 Å². The zero-order chi connectivity index (χ0) is 10.7. The standard InChI is InChI=1S/C8H12N2O4/c1-5-2-6(9-4-11)8(14)10(5)3-7(12)13/h4-6H,2-3H2,1H3,(H,9,11)(H,12,13). The fourth-order valence-electron chi connectivity index (χ4n) is 1.59. The van der Waals surface area contributed by atoms with Crippen LogP contribution in [-0.2, 0) is 14.4 Å². The zero-order valence-electron chi connectivity index (χ0n) is 7.77. The molecule has 1 aliphatic rings. The van der Waals surface area contributed by atoms with Gasteiger partial charge in [0.2, 0.25) is 12.3 Å². The molecule has 2 N–H and O–H groups in total. The maximum absolute atomic E-state index is 11.5. The average Bonchev–Trinajstić information content (AvgIpc) is 2.33. The van der Waals surface area contributed by atoms with E-state index in [0.29, 0.717) is 12.8 Å². The van der Waals surface area contributed by atoms with Crippen molar-refractivity contribution in [2.24, 2.45) is 0 Å². The first-order valence-electron chi connectivity index (χ1n) is 4.28. The van der Waals surface area contributed by atoms with Crippen LogP contribution in [0.2, 0.25) is 0 Å². The molecule has 78 valence electrons. The van der Waals surface area contributed by atoms with Crippen molar-refractivity contribution in [3.8, 4) is 0 Å². The highest BCUT2D eigenvalue weighted by Crippen LogP contribution is 2.17. The number of amides is 2. The topological polar surface area (TPSA) is 86.7 Å². The molecule has 6 nitrogen and oxygen atoms in total. The monoisotopic (exact) mass is 200 g/mol. The smallest absolute Gasteiger partial charge is 0.323 e. The first-order chi connectivity index (χ1) is 6.56. The molecule has 0 radical (unpaired) electrons. The van der Waals surface area contributed by atoms with Crippen LogP contribution in [0.25, 0.3) is 0 Å². The number of hydrogen-bond acceptors (Lipinski definition) is 3. The normalized spacial score (nSPS) is 26.4. The maximum Gasteiger partial charge on any atom is 0.323 e. The van der Waals surface area contributed by atoms with Gasteiger partial charge in [0.1, 0.15) is 12.6 Å². The van der Waals surface area contributed by atoms with Gasteiger partial charge in [-0.15, -0.1) is 0 Å². The molecule has 2 amide bonds. The summed E-state index contributed by atoms with van der Waals surface area (Å²) in [5, 5.41) is 10.9. The van der Waals surface area contributed by atoms with E-state index in [2.05, 4.69) is 5.32 Å². The summed E-state index contributed by atoms with van der Waals surface area (Å²) in [7, 11) is 0. The van der Waals surface area contributed by atoms with Gasteiger partial charge in [0.25, 0.3) is 0 Å². The quantitative estimate of drug-likeness (QED) is 0.558. The summed E-state index contributed by atoms with van der Waals surface area (Å²) in [6.07, 6.45) is 0.921. The Morgan fingerprint density at radius 1 is 1.79 bits per heavy atom. The highest BCUT2D eigenvalue weighted by Gasteiger charge is 2.37. The second kappa shape index (κ2) is 4.08. The summed E-state index contributed by atoms with van der Waals surface area (Å²) in [4.78, 5) is 33.3. The molecule has 1 fully saturated rings. The van der Waals surface area contributed by atoms with Gasteiger partial charge in [-0.3, -0.25) is 14.4 Å². The van der Waals surface area contributed by atoms with Crippen LogP contribution in [0, 0.1) is 0 Å². The number of nitrogens with zero attached hydrogens (tertiary/aromatic N) is 1. The van der Waals surface area contributed by atoms with E-state index >= 15 is 0 Å². The van der Waals surface area contributed by atoms with Crippen LogP contribution in [0.1, 0.15) is 13.3 Å². The lowest BCUT2D eigenvalue weighted by Gasteiger charge is -2.18. The van der Waals surface area contributed by atoms with Crippen molar-refractivity contribution in [3.05, 3.63) is 0 Å². The van der Waals surface area contributed by atoms with E-state index in [1.54, 1.807) is 6.92 Å². The minimum absolute atomic E-state index is 0.143. The fourth-order valence-corrected chi connectivity index (χ4v) is 1.59. The van der Waals surface area contributed by atoms with E-state index in [-0.39, 0.29) is 18.5 Å². The van der Waals surface area contributed by atoms with Crippen molar-refractivity contribution < 1.29 is 19.5 Å². The molecule has 0 aromatic carbocycles. The number of carboxylic acid groups (broad SMARTS) is 1.